The predicted molar refractivity (Wildman–Crippen MR) is 124 cm³/mol. The number of hydrogen-bond acceptors (Lipinski definition) is 5. The van der Waals surface area contributed by atoms with Gasteiger partial charge in [-0.1, -0.05) is 49.9 Å². The van der Waals surface area contributed by atoms with Gasteiger partial charge in [0.05, 0.1) is 18.2 Å². The zero-order chi connectivity index (χ0) is 22.8. The van der Waals surface area contributed by atoms with E-state index in [2.05, 4.69) is 19.2 Å². The number of hydrogen-bond donors (Lipinski definition) is 1. The van der Waals surface area contributed by atoms with Gasteiger partial charge in [-0.2, -0.15) is 0 Å². The van der Waals surface area contributed by atoms with Gasteiger partial charge in [-0.3, -0.25) is 24.1 Å². The van der Waals surface area contributed by atoms with Gasteiger partial charge in [-0.25, -0.2) is 0 Å². The smallest absolute Gasteiger partial charge is 0.289 e. The van der Waals surface area contributed by atoms with Crippen molar-refractivity contribution in [3.8, 4) is 0 Å². The minimum Gasteiger partial charge on any atom is -0.326 e. The lowest BCUT2D eigenvalue weighted by atomic mass is 10.0. The summed E-state index contributed by atoms with van der Waals surface area (Å²) in [5.74, 6) is -0.330. The zero-order valence-corrected chi connectivity index (χ0v) is 18.9. The fraction of sp³-hybridized carbons (Fsp3) is 0.333. The summed E-state index contributed by atoms with van der Waals surface area (Å²) in [5.41, 5.74) is 3.39. The number of amides is 4. The van der Waals surface area contributed by atoms with Crippen LogP contribution in [0.3, 0.4) is 0 Å². The quantitative estimate of drug-likeness (QED) is 0.717. The number of carbonyl (C=O) groups is 4. The normalized spacial score (nSPS) is 18.7. The molecule has 0 bridgehead atoms. The fourth-order valence-electron chi connectivity index (χ4n) is 3.84. The molecule has 2 heterocycles. The van der Waals surface area contributed by atoms with Crippen molar-refractivity contribution in [3.63, 3.8) is 0 Å². The van der Waals surface area contributed by atoms with Crippen molar-refractivity contribution in [1.29, 1.82) is 0 Å². The van der Waals surface area contributed by atoms with Gasteiger partial charge in [-0.05, 0) is 41.3 Å². The number of nitrogens with zero attached hydrogens (tertiary/aromatic N) is 2. The largest absolute Gasteiger partial charge is 0.326 e. The standard InChI is InChI=1S/C24H25N3O4S/c1-15(2)17-4-3-5-20(10-17)26-13-18(11-21(26)28)23(30)25-19-8-6-16(7-9-19)12-27-22(29)14-32-24(27)31/h3-10,15,18H,11-14H2,1-2H3,(H,25,30). The van der Waals surface area contributed by atoms with Crippen LogP contribution in [0.2, 0.25) is 0 Å². The first-order chi connectivity index (χ1) is 15.3. The first kappa shape index (κ1) is 22.1. The van der Waals surface area contributed by atoms with Crippen LogP contribution in [0.15, 0.2) is 48.5 Å². The Kier molecular flexibility index (Phi) is 6.32. The summed E-state index contributed by atoms with van der Waals surface area (Å²) < 4.78 is 0. The minimum atomic E-state index is -0.429. The lowest BCUT2D eigenvalue weighted by Crippen LogP contribution is -2.28. The molecule has 0 spiro atoms. The third-order valence-electron chi connectivity index (χ3n) is 5.75. The molecule has 0 aromatic heterocycles. The van der Waals surface area contributed by atoms with E-state index in [1.165, 1.54) is 4.90 Å². The Morgan fingerprint density at radius 1 is 1.09 bits per heavy atom. The molecule has 2 aliphatic heterocycles. The summed E-state index contributed by atoms with van der Waals surface area (Å²) in [7, 11) is 0. The first-order valence-corrected chi connectivity index (χ1v) is 11.6. The van der Waals surface area contributed by atoms with Gasteiger partial charge in [0.2, 0.25) is 17.7 Å². The Morgan fingerprint density at radius 3 is 2.50 bits per heavy atom. The zero-order valence-electron chi connectivity index (χ0n) is 18.0. The third-order valence-corrected chi connectivity index (χ3v) is 6.61. The van der Waals surface area contributed by atoms with Crippen LogP contribution < -0.4 is 10.2 Å². The topological polar surface area (TPSA) is 86.8 Å². The van der Waals surface area contributed by atoms with Gasteiger partial charge >= 0.3 is 0 Å². The van der Waals surface area contributed by atoms with Gasteiger partial charge in [0, 0.05) is 24.3 Å². The molecule has 2 fully saturated rings. The molecule has 1 unspecified atom stereocenters. The molecule has 2 aromatic carbocycles. The molecule has 32 heavy (non-hydrogen) atoms. The third kappa shape index (κ3) is 4.70. The highest BCUT2D eigenvalue weighted by atomic mass is 32.2. The Bertz CT molecular complexity index is 1050. The first-order valence-electron chi connectivity index (χ1n) is 10.6. The lowest BCUT2D eigenvalue weighted by molar-refractivity contribution is -0.125. The summed E-state index contributed by atoms with van der Waals surface area (Å²) in [6.45, 7) is 4.78. The van der Waals surface area contributed by atoms with Crippen LogP contribution >= 0.6 is 11.8 Å². The molecule has 4 rings (SSSR count). The number of anilines is 2. The van der Waals surface area contributed by atoms with Crippen LogP contribution in [0.1, 0.15) is 37.3 Å². The number of thioether (sulfide) groups is 1. The molecule has 1 atom stereocenters. The lowest BCUT2D eigenvalue weighted by Gasteiger charge is -2.18. The average molecular weight is 452 g/mol. The highest BCUT2D eigenvalue weighted by molar-refractivity contribution is 8.14. The van der Waals surface area contributed by atoms with Crippen molar-refractivity contribution in [2.75, 3.05) is 22.5 Å². The van der Waals surface area contributed by atoms with E-state index in [-0.39, 0.29) is 41.7 Å². The SMILES string of the molecule is CC(C)c1cccc(N2CC(C(=O)Nc3ccc(CN4C(=O)CSC4=O)cc3)CC2=O)c1. The highest BCUT2D eigenvalue weighted by Crippen LogP contribution is 2.29. The van der Waals surface area contributed by atoms with Crippen molar-refractivity contribution in [1.82, 2.24) is 4.90 Å². The van der Waals surface area contributed by atoms with Crippen molar-refractivity contribution < 1.29 is 19.2 Å². The highest BCUT2D eigenvalue weighted by Gasteiger charge is 2.35. The van der Waals surface area contributed by atoms with Gasteiger partial charge in [-0.15, -0.1) is 0 Å². The number of rotatable bonds is 6. The minimum absolute atomic E-state index is 0.0563. The molecule has 1 N–H and O–H groups in total. The van der Waals surface area contributed by atoms with E-state index in [0.717, 1.165) is 28.6 Å². The number of benzene rings is 2. The van der Waals surface area contributed by atoms with Crippen molar-refractivity contribution >= 4 is 46.1 Å². The summed E-state index contributed by atoms with van der Waals surface area (Å²) in [4.78, 5) is 51.7. The average Bonchev–Trinajstić information content (AvgIpc) is 3.32. The molecule has 7 nitrogen and oxygen atoms in total. The van der Waals surface area contributed by atoms with Crippen LogP contribution in [-0.4, -0.2) is 40.2 Å². The monoisotopic (exact) mass is 451 g/mol. The van der Waals surface area contributed by atoms with E-state index in [1.807, 2.05) is 24.3 Å². The summed E-state index contributed by atoms with van der Waals surface area (Å²) in [6, 6.07) is 14.9. The van der Waals surface area contributed by atoms with Crippen LogP contribution in [0.25, 0.3) is 0 Å². The van der Waals surface area contributed by atoms with Crippen molar-refractivity contribution in [2.45, 2.75) is 32.7 Å². The second kappa shape index (κ2) is 9.16. The van der Waals surface area contributed by atoms with Crippen molar-refractivity contribution in [2.24, 2.45) is 5.92 Å². The Labute approximate surface area is 191 Å². The number of nitrogens with one attached hydrogen (secondary N) is 1. The van der Waals surface area contributed by atoms with E-state index < -0.39 is 5.92 Å². The Morgan fingerprint density at radius 2 is 1.84 bits per heavy atom. The molecule has 8 heteroatoms. The van der Waals surface area contributed by atoms with Gasteiger partial charge in [0.1, 0.15) is 0 Å². The van der Waals surface area contributed by atoms with E-state index in [0.29, 0.717) is 18.2 Å². The van der Waals surface area contributed by atoms with Crippen molar-refractivity contribution in [3.05, 3.63) is 59.7 Å². The summed E-state index contributed by atoms with van der Waals surface area (Å²) >= 11 is 1.01. The maximum absolute atomic E-state index is 12.8. The number of imide groups is 1. The molecule has 0 saturated carbocycles. The second-order valence-electron chi connectivity index (χ2n) is 8.38. The van der Waals surface area contributed by atoms with Gasteiger partial charge in [0.25, 0.3) is 5.24 Å². The molecule has 4 amide bonds. The maximum atomic E-state index is 12.8. The Hall–Kier alpha value is -3.13. The molecule has 0 radical (unpaired) electrons. The molecule has 166 valence electrons. The Balaban J connectivity index is 1.37. The van der Waals surface area contributed by atoms with E-state index in [1.54, 1.807) is 29.2 Å². The molecule has 0 aliphatic carbocycles. The van der Waals surface area contributed by atoms with Crippen LogP contribution in [0, 0.1) is 5.92 Å². The van der Waals surface area contributed by atoms with Gasteiger partial charge in [0.15, 0.2) is 0 Å². The summed E-state index contributed by atoms with van der Waals surface area (Å²) in [5, 5.41) is 2.64. The predicted octanol–water partition coefficient (Wildman–Crippen LogP) is 4.00. The van der Waals surface area contributed by atoms with Crippen LogP contribution in [0.4, 0.5) is 16.2 Å². The molecule has 2 aromatic rings. The van der Waals surface area contributed by atoms with Crippen LogP contribution in [-0.2, 0) is 20.9 Å². The van der Waals surface area contributed by atoms with E-state index in [4.69, 9.17) is 0 Å². The van der Waals surface area contributed by atoms with Crippen LogP contribution in [0.5, 0.6) is 0 Å². The summed E-state index contributed by atoms with van der Waals surface area (Å²) in [6.07, 6.45) is 0.173. The van der Waals surface area contributed by atoms with E-state index >= 15 is 0 Å². The molecule has 2 saturated heterocycles. The van der Waals surface area contributed by atoms with E-state index in [9.17, 15) is 19.2 Å². The molecule has 2 aliphatic rings. The van der Waals surface area contributed by atoms with Gasteiger partial charge < -0.3 is 10.2 Å². The fourth-order valence-corrected chi connectivity index (χ4v) is 4.56. The molecular weight excluding hydrogens is 426 g/mol. The number of carbonyl (C=O) groups excluding carboxylic acids is 4. The molecular formula is C24H25N3O4S. The second-order valence-corrected chi connectivity index (χ2v) is 9.30. The maximum Gasteiger partial charge on any atom is 0.289 e.